The summed E-state index contributed by atoms with van der Waals surface area (Å²) in [5.41, 5.74) is 0.556. The maximum Gasteiger partial charge on any atom is 0.274 e. The molecule has 0 heterocycles. The first-order valence-corrected chi connectivity index (χ1v) is 4.46. The van der Waals surface area contributed by atoms with Gasteiger partial charge < -0.3 is 5.11 Å². The average Bonchev–Trinajstić information content (AvgIpc) is 2.19. The smallest absolute Gasteiger partial charge is 0.274 e. The summed E-state index contributed by atoms with van der Waals surface area (Å²) < 4.78 is 25.0. The van der Waals surface area contributed by atoms with Crippen LogP contribution in [0.3, 0.4) is 0 Å². The fourth-order valence-electron chi connectivity index (χ4n) is 1.24. The van der Waals surface area contributed by atoms with Gasteiger partial charge in [-0.2, -0.15) is 8.78 Å². The minimum Gasteiger partial charge on any atom is -0.396 e. The van der Waals surface area contributed by atoms with Gasteiger partial charge >= 0.3 is 0 Å². The summed E-state index contributed by atoms with van der Waals surface area (Å²) in [6, 6.07) is 8.51. The van der Waals surface area contributed by atoms with Crippen LogP contribution in [0, 0.1) is 0 Å². The third kappa shape index (κ3) is 2.92. The highest BCUT2D eigenvalue weighted by Crippen LogP contribution is 2.24. The predicted octanol–water partition coefficient (Wildman–Crippen LogP) is 3.07. The van der Waals surface area contributed by atoms with Crippen LogP contribution in [-0.2, 0) is 0 Å². The molecule has 3 heteroatoms. The Kier molecular flexibility index (Phi) is 4.26. The van der Waals surface area contributed by atoms with Crippen LogP contribution in [0.4, 0.5) is 8.78 Å². The monoisotopic (exact) mass is 198 g/mol. The highest BCUT2D eigenvalue weighted by atomic mass is 19.3. The molecule has 0 aliphatic rings. The summed E-state index contributed by atoms with van der Waals surface area (Å²) in [6.45, 7) is -0.0659. The fraction of sp³-hybridized carbons (Fsp3) is 0.273. The van der Waals surface area contributed by atoms with E-state index in [0.29, 0.717) is 12.0 Å². The summed E-state index contributed by atoms with van der Waals surface area (Å²) in [5.74, 6) is 0. The van der Waals surface area contributed by atoms with Gasteiger partial charge in [-0.15, -0.1) is 0 Å². The Bertz CT molecular complexity index is 302. The van der Waals surface area contributed by atoms with E-state index in [0.717, 1.165) is 0 Å². The van der Waals surface area contributed by atoms with E-state index in [-0.39, 0.29) is 18.6 Å². The molecule has 1 aromatic carbocycles. The second kappa shape index (κ2) is 5.50. The summed E-state index contributed by atoms with van der Waals surface area (Å²) in [4.78, 5) is 0. The van der Waals surface area contributed by atoms with E-state index in [4.69, 9.17) is 5.11 Å². The van der Waals surface area contributed by atoms with Gasteiger partial charge in [-0.05, 0) is 18.4 Å². The highest BCUT2D eigenvalue weighted by molar-refractivity contribution is 5.65. The van der Waals surface area contributed by atoms with Gasteiger partial charge in [0, 0.05) is 12.2 Å². The van der Waals surface area contributed by atoms with E-state index in [1.54, 1.807) is 30.3 Å². The Balaban J connectivity index is 2.86. The number of hydrogen-bond donors (Lipinski definition) is 1. The molecule has 0 saturated carbocycles. The summed E-state index contributed by atoms with van der Waals surface area (Å²) in [7, 11) is 0. The van der Waals surface area contributed by atoms with Crippen LogP contribution in [0.25, 0.3) is 5.57 Å². The molecular weight excluding hydrogens is 186 g/mol. The summed E-state index contributed by atoms with van der Waals surface area (Å²) in [6.07, 6.45) is -1.09. The lowest BCUT2D eigenvalue weighted by Crippen LogP contribution is -1.89. The van der Waals surface area contributed by atoms with Crippen LogP contribution in [-0.4, -0.2) is 11.7 Å². The third-order valence-corrected chi connectivity index (χ3v) is 1.94. The third-order valence-electron chi connectivity index (χ3n) is 1.94. The summed E-state index contributed by atoms with van der Waals surface area (Å²) in [5, 5.41) is 8.58. The van der Waals surface area contributed by atoms with E-state index >= 15 is 0 Å². The van der Waals surface area contributed by atoms with Crippen molar-refractivity contribution in [1.29, 1.82) is 0 Å². The Morgan fingerprint density at radius 1 is 1.14 bits per heavy atom. The molecule has 0 unspecified atom stereocenters. The molecule has 1 N–H and O–H groups in total. The quantitative estimate of drug-likeness (QED) is 0.788. The van der Waals surface area contributed by atoms with Gasteiger partial charge in [-0.1, -0.05) is 30.3 Å². The molecule has 1 rings (SSSR count). The molecule has 0 spiro atoms. The van der Waals surface area contributed by atoms with Crippen molar-refractivity contribution >= 4 is 5.57 Å². The topological polar surface area (TPSA) is 20.2 Å². The number of rotatable bonds is 4. The van der Waals surface area contributed by atoms with E-state index < -0.39 is 6.08 Å². The molecule has 14 heavy (non-hydrogen) atoms. The SMILES string of the molecule is OCCCC(=C(F)F)c1ccccc1. The molecule has 0 aromatic heterocycles. The number of benzene rings is 1. The fourth-order valence-corrected chi connectivity index (χ4v) is 1.24. The normalized spacial score (nSPS) is 9.93. The first-order chi connectivity index (χ1) is 6.75. The van der Waals surface area contributed by atoms with Crippen LogP contribution >= 0.6 is 0 Å². The van der Waals surface area contributed by atoms with E-state index in [1.807, 2.05) is 0 Å². The van der Waals surface area contributed by atoms with Gasteiger partial charge in [0.1, 0.15) is 0 Å². The minimum absolute atomic E-state index is 0.0275. The number of allylic oxidation sites excluding steroid dienone is 1. The first-order valence-electron chi connectivity index (χ1n) is 4.46. The Morgan fingerprint density at radius 3 is 2.29 bits per heavy atom. The van der Waals surface area contributed by atoms with Crippen LogP contribution < -0.4 is 0 Å². The molecule has 1 aromatic rings. The molecule has 0 aliphatic carbocycles. The van der Waals surface area contributed by atoms with Crippen LogP contribution in [0.1, 0.15) is 18.4 Å². The number of halogens is 2. The van der Waals surface area contributed by atoms with Gasteiger partial charge in [0.25, 0.3) is 6.08 Å². The lowest BCUT2D eigenvalue weighted by Gasteiger charge is -2.04. The van der Waals surface area contributed by atoms with Crippen molar-refractivity contribution in [1.82, 2.24) is 0 Å². The largest absolute Gasteiger partial charge is 0.396 e. The molecule has 0 bridgehead atoms. The van der Waals surface area contributed by atoms with Gasteiger partial charge in [-0.25, -0.2) is 0 Å². The Labute approximate surface area is 81.7 Å². The van der Waals surface area contributed by atoms with Crippen molar-refractivity contribution in [3.05, 3.63) is 42.0 Å². The molecule has 0 atom stereocenters. The lowest BCUT2D eigenvalue weighted by atomic mass is 10.0. The minimum atomic E-state index is -1.66. The van der Waals surface area contributed by atoms with Crippen molar-refractivity contribution in [2.75, 3.05) is 6.61 Å². The van der Waals surface area contributed by atoms with Crippen molar-refractivity contribution < 1.29 is 13.9 Å². The van der Waals surface area contributed by atoms with Gasteiger partial charge in [0.15, 0.2) is 0 Å². The zero-order valence-corrected chi connectivity index (χ0v) is 7.71. The molecule has 0 aliphatic heterocycles. The van der Waals surface area contributed by atoms with Crippen LogP contribution in [0.2, 0.25) is 0 Å². The average molecular weight is 198 g/mol. The molecule has 1 nitrogen and oxygen atoms in total. The molecule has 0 amide bonds. The number of hydrogen-bond acceptors (Lipinski definition) is 1. The van der Waals surface area contributed by atoms with Gasteiger partial charge in [-0.3, -0.25) is 0 Å². The second-order valence-corrected chi connectivity index (χ2v) is 2.93. The standard InChI is InChI=1S/C11H12F2O/c12-11(13)10(7-4-8-14)9-5-2-1-3-6-9/h1-3,5-6,14H,4,7-8H2. The molecular formula is C11H12F2O. The molecule has 0 radical (unpaired) electrons. The van der Waals surface area contributed by atoms with Crippen LogP contribution in [0.15, 0.2) is 36.4 Å². The molecule has 0 saturated heterocycles. The van der Waals surface area contributed by atoms with E-state index in [2.05, 4.69) is 0 Å². The van der Waals surface area contributed by atoms with Crippen LogP contribution in [0.5, 0.6) is 0 Å². The zero-order valence-electron chi connectivity index (χ0n) is 7.71. The van der Waals surface area contributed by atoms with Crippen molar-refractivity contribution in [2.24, 2.45) is 0 Å². The predicted molar refractivity (Wildman–Crippen MR) is 51.9 cm³/mol. The van der Waals surface area contributed by atoms with Crippen molar-refractivity contribution in [3.63, 3.8) is 0 Å². The summed E-state index contributed by atoms with van der Waals surface area (Å²) >= 11 is 0. The zero-order chi connectivity index (χ0) is 10.4. The van der Waals surface area contributed by atoms with E-state index in [9.17, 15) is 8.78 Å². The van der Waals surface area contributed by atoms with Gasteiger partial charge in [0.2, 0.25) is 0 Å². The first kappa shape index (κ1) is 10.9. The highest BCUT2D eigenvalue weighted by Gasteiger charge is 2.07. The Morgan fingerprint density at radius 2 is 1.79 bits per heavy atom. The second-order valence-electron chi connectivity index (χ2n) is 2.93. The lowest BCUT2D eigenvalue weighted by molar-refractivity contribution is 0.289. The van der Waals surface area contributed by atoms with Crippen molar-refractivity contribution in [2.45, 2.75) is 12.8 Å². The Hall–Kier alpha value is -1.22. The number of aliphatic hydroxyl groups excluding tert-OH is 1. The number of aliphatic hydroxyl groups is 1. The van der Waals surface area contributed by atoms with Crippen molar-refractivity contribution in [3.8, 4) is 0 Å². The molecule has 76 valence electrons. The maximum absolute atomic E-state index is 12.5. The maximum atomic E-state index is 12.5. The van der Waals surface area contributed by atoms with E-state index in [1.165, 1.54) is 0 Å². The molecule has 0 fully saturated rings. The van der Waals surface area contributed by atoms with Gasteiger partial charge in [0.05, 0.1) is 0 Å².